The van der Waals surface area contributed by atoms with Crippen LogP contribution in [0, 0.1) is 11.6 Å². The number of nitrogens with zero attached hydrogens (tertiary/aromatic N) is 1. The van der Waals surface area contributed by atoms with Crippen LogP contribution in [0.2, 0.25) is 5.02 Å². The molecule has 9 heteroatoms. The maximum absolute atomic E-state index is 13.7. The van der Waals surface area contributed by atoms with E-state index in [1.165, 1.54) is 17.5 Å². The Morgan fingerprint density at radius 2 is 2.07 bits per heavy atom. The summed E-state index contributed by atoms with van der Waals surface area (Å²) in [7, 11) is 0. The summed E-state index contributed by atoms with van der Waals surface area (Å²) in [4.78, 5) is 17.4. The van der Waals surface area contributed by atoms with E-state index in [1.54, 1.807) is 12.2 Å². The summed E-state index contributed by atoms with van der Waals surface area (Å²) in [5.74, 6) is -2.04. The number of carbonyl (C=O) groups excluding carboxylic acids is 1. The fraction of sp³-hybridized carbons (Fsp3) is 0.222. The number of aliphatic hydroxyl groups excluding tert-OH is 1. The van der Waals surface area contributed by atoms with Crippen molar-refractivity contribution in [3.8, 4) is 0 Å². The van der Waals surface area contributed by atoms with E-state index < -0.39 is 22.7 Å². The molecule has 0 bridgehead atoms. The Hall–Kier alpha value is -2.13. The van der Waals surface area contributed by atoms with Crippen LogP contribution in [0.5, 0.6) is 0 Å². The number of aromatic nitrogens is 1. The Bertz CT molecular complexity index is 919. The van der Waals surface area contributed by atoms with Gasteiger partial charge in [-0.1, -0.05) is 23.8 Å². The van der Waals surface area contributed by atoms with Gasteiger partial charge in [-0.05, 0) is 23.3 Å². The lowest BCUT2D eigenvalue weighted by molar-refractivity contribution is -0.118. The number of benzene rings is 1. The van der Waals surface area contributed by atoms with Crippen molar-refractivity contribution in [3.63, 3.8) is 0 Å². The van der Waals surface area contributed by atoms with Gasteiger partial charge in [0.05, 0.1) is 17.5 Å². The molecule has 1 aliphatic rings. The number of carbonyl (C=O) groups is 1. The monoisotopic (exact) mass is 411 g/mol. The van der Waals surface area contributed by atoms with Crippen LogP contribution in [-0.2, 0) is 11.4 Å². The normalized spacial score (nSPS) is 14.7. The number of hydrogen-bond acceptors (Lipinski definition) is 5. The van der Waals surface area contributed by atoms with Crippen LogP contribution < -0.4 is 11.1 Å². The molecule has 1 aliphatic carbocycles. The second-order valence-electron chi connectivity index (χ2n) is 5.90. The summed E-state index contributed by atoms with van der Waals surface area (Å²) < 4.78 is 27.3. The van der Waals surface area contributed by atoms with Gasteiger partial charge in [-0.2, -0.15) is 0 Å². The predicted octanol–water partition coefficient (Wildman–Crippen LogP) is 3.10. The Balaban J connectivity index is 1.67. The van der Waals surface area contributed by atoms with Crippen LogP contribution >= 0.6 is 22.9 Å². The molecule has 2 aromatic rings. The minimum Gasteiger partial charge on any atom is -0.391 e. The van der Waals surface area contributed by atoms with Crippen LogP contribution in [0.25, 0.3) is 5.57 Å². The van der Waals surface area contributed by atoms with E-state index in [9.17, 15) is 13.6 Å². The Labute approximate surface area is 163 Å². The summed E-state index contributed by atoms with van der Waals surface area (Å²) in [6, 6.07) is 1.79. The van der Waals surface area contributed by atoms with Crippen molar-refractivity contribution in [2.24, 2.45) is 5.73 Å². The first-order chi connectivity index (χ1) is 12.9. The number of thiazole rings is 1. The molecule has 1 unspecified atom stereocenters. The molecule has 1 atom stereocenters. The first-order valence-electron chi connectivity index (χ1n) is 8.04. The van der Waals surface area contributed by atoms with Gasteiger partial charge in [0.15, 0.2) is 0 Å². The van der Waals surface area contributed by atoms with Crippen LogP contribution in [0.3, 0.4) is 0 Å². The molecule has 3 rings (SSSR count). The van der Waals surface area contributed by atoms with Crippen LogP contribution in [-0.4, -0.2) is 22.5 Å². The third-order valence-corrected chi connectivity index (χ3v) is 5.54. The number of halogens is 3. The quantitative estimate of drug-likeness (QED) is 0.637. The number of hydrogen-bond donors (Lipinski definition) is 3. The van der Waals surface area contributed by atoms with Gasteiger partial charge in [0.25, 0.3) is 0 Å². The largest absolute Gasteiger partial charge is 0.391 e. The predicted molar refractivity (Wildman–Crippen MR) is 100 cm³/mol. The molecule has 0 spiro atoms. The van der Waals surface area contributed by atoms with E-state index in [1.807, 2.05) is 0 Å². The van der Waals surface area contributed by atoms with Gasteiger partial charge in [-0.3, -0.25) is 4.79 Å². The molecule has 0 aliphatic heterocycles. The molecule has 142 valence electrons. The third-order valence-electron chi connectivity index (χ3n) is 4.08. The van der Waals surface area contributed by atoms with Crippen molar-refractivity contribution in [3.05, 3.63) is 68.2 Å². The van der Waals surface area contributed by atoms with E-state index in [-0.39, 0.29) is 25.5 Å². The smallest absolute Gasteiger partial charge is 0.248 e. The van der Waals surface area contributed by atoms with Crippen molar-refractivity contribution < 1.29 is 18.7 Å². The number of nitrogens with one attached hydrogen (secondary N) is 1. The van der Waals surface area contributed by atoms with Crippen molar-refractivity contribution in [1.29, 1.82) is 0 Å². The van der Waals surface area contributed by atoms with Gasteiger partial charge >= 0.3 is 0 Å². The van der Waals surface area contributed by atoms with Crippen molar-refractivity contribution >= 4 is 34.4 Å². The molecule has 0 radical (unpaired) electrons. The zero-order valence-electron chi connectivity index (χ0n) is 14.0. The van der Waals surface area contributed by atoms with E-state index in [4.69, 9.17) is 22.4 Å². The molecular formula is C18H16ClF2N3O2S. The molecule has 1 aromatic carbocycles. The highest BCUT2D eigenvalue weighted by atomic mass is 35.5. The van der Waals surface area contributed by atoms with Gasteiger partial charge in [0.2, 0.25) is 5.91 Å². The SMILES string of the molecule is NCC(NC(=O)C1=CC=C(c2cc(F)c(Cl)c(F)c2)C1)c1ncc(CO)s1. The molecular weight excluding hydrogens is 396 g/mol. The minimum atomic E-state index is -0.850. The second kappa shape index (κ2) is 8.26. The summed E-state index contributed by atoms with van der Waals surface area (Å²) in [6.07, 6.45) is 5.00. The molecule has 1 heterocycles. The van der Waals surface area contributed by atoms with E-state index >= 15 is 0 Å². The third kappa shape index (κ3) is 4.24. The van der Waals surface area contributed by atoms with Crippen molar-refractivity contribution in [2.45, 2.75) is 19.1 Å². The average molecular weight is 412 g/mol. The average Bonchev–Trinajstić information content (AvgIpc) is 3.33. The van der Waals surface area contributed by atoms with Crippen molar-refractivity contribution in [2.75, 3.05) is 6.54 Å². The molecule has 1 aromatic heterocycles. The molecule has 5 nitrogen and oxygen atoms in total. The summed E-state index contributed by atoms with van der Waals surface area (Å²) in [6.45, 7) is 0.0147. The summed E-state index contributed by atoms with van der Waals surface area (Å²) in [5.41, 5.74) is 7.11. The van der Waals surface area contributed by atoms with Gasteiger partial charge in [0, 0.05) is 24.7 Å². The van der Waals surface area contributed by atoms with Gasteiger partial charge < -0.3 is 16.2 Å². The number of amides is 1. The lowest BCUT2D eigenvalue weighted by Crippen LogP contribution is -2.34. The highest BCUT2D eigenvalue weighted by Gasteiger charge is 2.22. The number of rotatable bonds is 6. The Kier molecular flexibility index (Phi) is 6.01. The lowest BCUT2D eigenvalue weighted by atomic mass is 10.0. The maximum Gasteiger partial charge on any atom is 0.248 e. The zero-order chi connectivity index (χ0) is 19.6. The second-order valence-corrected chi connectivity index (χ2v) is 7.42. The number of aliphatic hydroxyl groups is 1. The fourth-order valence-corrected chi connectivity index (χ4v) is 3.60. The molecule has 27 heavy (non-hydrogen) atoms. The molecule has 0 fully saturated rings. The molecule has 0 saturated heterocycles. The molecule has 1 amide bonds. The lowest BCUT2D eigenvalue weighted by Gasteiger charge is -2.15. The summed E-state index contributed by atoms with van der Waals surface area (Å²) in [5, 5.41) is 12.0. The molecule has 4 N–H and O–H groups in total. The Morgan fingerprint density at radius 1 is 1.37 bits per heavy atom. The van der Waals surface area contributed by atoms with E-state index in [2.05, 4.69) is 10.3 Å². The Morgan fingerprint density at radius 3 is 2.67 bits per heavy atom. The highest BCUT2D eigenvalue weighted by Crippen LogP contribution is 2.32. The highest BCUT2D eigenvalue weighted by molar-refractivity contribution is 7.11. The maximum atomic E-state index is 13.7. The van der Waals surface area contributed by atoms with Crippen LogP contribution in [0.15, 0.2) is 36.1 Å². The number of allylic oxidation sites excluding steroid dienone is 3. The summed E-state index contributed by atoms with van der Waals surface area (Å²) >= 11 is 6.77. The zero-order valence-corrected chi connectivity index (χ0v) is 15.6. The van der Waals surface area contributed by atoms with E-state index in [0.29, 0.717) is 26.6 Å². The van der Waals surface area contributed by atoms with Crippen LogP contribution in [0.1, 0.15) is 27.9 Å². The standard InChI is InChI=1S/C18H16ClF2N3O2S/c19-16-13(20)4-11(5-14(16)21)9-1-2-10(3-9)17(26)24-15(6-22)18-23-7-12(8-25)27-18/h1-2,4-5,7,15,25H,3,6,8,22H2,(H,24,26). The van der Waals surface area contributed by atoms with E-state index in [0.717, 1.165) is 12.1 Å². The minimum absolute atomic E-state index is 0.129. The van der Waals surface area contributed by atoms with Crippen LogP contribution in [0.4, 0.5) is 8.78 Å². The van der Waals surface area contributed by atoms with Gasteiger partial charge in [-0.25, -0.2) is 13.8 Å². The topological polar surface area (TPSA) is 88.2 Å². The first-order valence-corrected chi connectivity index (χ1v) is 9.23. The number of nitrogens with two attached hydrogens (primary N) is 1. The molecule has 0 saturated carbocycles. The first kappa shape index (κ1) is 19.6. The van der Waals surface area contributed by atoms with Gasteiger partial charge in [-0.15, -0.1) is 11.3 Å². The van der Waals surface area contributed by atoms with Crippen molar-refractivity contribution in [1.82, 2.24) is 10.3 Å². The fourth-order valence-electron chi connectivity index (χ4n) is 2.65. The van der Waals surface area contributed by atoms with Gasteiger partial charge in [0.1, 0.15) is 21.7 Å².